The lowest BCUT2D eigenvalue weighted by Crippen LogP contribution is -2.35. The molecule has 224 valence electrons. The molecule has 6 rings (SSSR count). The summed E-state index contributed by atoms with van der Waals surface area (Å²) in [4.78, 5) is 21.7. The van der Waals surface area contributed by atoms with Crippen LogP contribution >= 0.6 is 24.4 Å². The lowest BCUT2D eigenvalue weighted by atomic mass is 10.1. The van der Waals surface area contributed by atoms with Gasteiger partial charge in [-0.05, 0) is 98.6 Å². The summed E-state index contributed by atoms with van der Waals surface area (Å²) in [5.74, 6) is 0. The number of pyridine rings is 4. The molecule has 2 aliphatic heterocycles. The first-order chi connectivity index (χ1) is 21.7. The Kier molecular flexibility index (Phi) is 11.4. The predicted octanol–water partition coefficient (Wildman–Crippen LogP) is 4.40. The van der Waals surface area contributed by atoms with Crippen LogP contribution in [0.25, 0.3) is 0 Å². The van der Waals surface area contributed by atoms with Crippen molar-refractivity contribution >= 4 is 46.1 Å². The van der Waals surface area contributed by atoms with Crippen molar-refractivity contribution in [3.63, 3.8) is 0 Å². The SMILES string of the molecule is S=C(NN=C(c1ccccn1)c1ccccn1)N1CCCC1.S=C(NN=C(c1ccccn1)c1ccccn1)N1CCCC1. The van der Waals surface area contributed by atoms with Crippen molar-refractivity contribution in [2.24, 2.45) is 10.2 Å². The van der Waals surface area contributed by atoms with Gasteiger partial charge in [-0.25, -0.2) is 0 Å². The highest BCUT2D eigenvalue weighted by molar-refractivity contribution is 7.80. The van der Waals surface area contributed by atoms with Crippen LogP contribution in [0, 0.1) is 0 Å². The second-order valence-electron chi connectivity index (χ2n) is 10.0. The minimum absolute atomic E-state index is 0.655. The van der Waals surface area contributed by atoms with E-state index in [0.29, 0.717) is 21.6 Å². The Bertz CT molecular complexity index is 1340. The molecule has 2 aliphatic rings. The van der Waals surface area contributed by atoms with Crippen LogP contribution in [0.15, 0.2) is 108 Å². The van der Waals surface area contributed by atoms with Crippen molar-refractivity contribution in [2.45, 2.75) is 25.7 Å². The second-order valence-corrected chi connectivity index (χ2v) is 10.8. The van der Waals surface area contributed by atoms with E-state index in [0.717, 1.165) is 49.0 Å². The molecule has 0 amide bonds. The molecule has 0 aliphatic carbocycles. The third-order valence-corrected chi connectivity index (χ3v) is 7.64. The number of hydrogen-bond acceptors (Lipinski definition) is 8. The van der Waals surface area contributed by atoms with Crippen LogP contribution in [-0.4, -0.2) is 77.6 Å². The summed E-state index contributed by atoms with van der Waals surface area (Å²) < 4.78 is 0. The van der Waals surface area contributed by atoms with E-state index < -0.39 is 0 Å². The molecule has 44 heavy (non-hydrogen) atoms. The van der Waals surface area contributed by atoms with Crippen molar-refractivity contribution in [1.29, 1.82) is 0 Å². The van der Waals surface area contributed by atoms with Crippen molar-refractivity contribution in [3.05, 3.63) is 120 Å². The topological polar surface area (TPSA) is 107 Å². The van der Waals surface area contributed by atoms with Crippen molar-refractivity contribution < 1.29 is 0 Å². The number of rotatable bonds is 6. The van der Waals surface area contributed by atoms with E-state index in [-0.39, 0.29) is 0 Å². The zero-order valence-electron chi connectivity index (χ0n) is 24.3. The van der Waals surface area contributed by atoms with Gasteiger partial charge in [0, 0.05) is 51.0 Å². The Morgan fingerprint density at radius 2 is 0.795 bits per heavy atom. The van der Waals surface area contributed by atoms with Crippen LogP contribution in [0.3, 0.4) is 0 Å². The monoisotopic (exact) mass is 622 g/mol. The van der Waals surface area contributed by atoms with Gasteiger partial charge in [0.25, 0.3) is 0 Å². The molecule has 0 bridgehead atoms. The van der Waals surface area contributed by atoms with Gasteiger partial charge >= 0.3 is 0 Å². The minimum atomic E-state index is 0.655. The van der Waals surface area contributed by atoms with E-state index in [4.69, 9.17) is 24.4 Å². The molecular formula is C32H34N10S2. The van der Waals surface area contributed by atoms with E-state index in [2.05, 4.69) is 50.8 Å². The Morgan fingerprint density at radius 3 is 1.05 bits per heavy atom. The van der Waals surface area contributed by atoms with Crippen LogP contribution < -0.4 is 10.9 Å². The summed E-state index contributed by atoms with van der Waals surface area (Å²) in [6.07, 6.45) is 11.7. The van der Waals surface area contributed by atoms with Crippen LogP contribution in [-0.2, 0) is 0 Å². The summed E-state index contributed by atoms with van der Waals surface area (Å²) in [6.45, 7) is 3.96. The van der Waals surface area contributed by atoms with E-state index in [1.54, 1.807) is 24.8 Å². The van der Waals surface area contributed by atoms with Crippen LogP contribution in [0.1, 0.15) is 48.5 Å². The van der Waals surface area contributed by atoms with Gasteiger partial charge in [0.1, 0.15) is 11.4 Å². The Balaban J connectivity index is 0.000000175. The largest absolute Gasteiger partial charge is 0.348 e. The van der Waals surface area contributed by atoms with E-state index >= 15 is 0 Å². The Labute approximate surface area is 268 Å². The average Bonchev–Trinajstić information content (AvgIpc) is 3.83. The van der Waals surface area contributed by atoms with Gasteiger partial charge in [0.05, 0.1) is 22.8 Å². The maximum absolute atomic E-state index is 5.40. The summed E-state index contributed by atoms with van der Waals surface area (Å²) in [6, 6.07) is 22.9. The van der Waals surface area contributed by atoms with Gasteiger partial charge in [0.2, 0.25) is 0 Å². The number of aromatic nitrogens is 4. The summed E-state index contributed by atoms with van der Waals surface area (Å²) in [7, 11) is 0. The number of likely N-dealkylation sites (tertiary alicyclic amines) is 2. The molecular weight excluding hydrogens is 589 g/mol. The highest BCUT2D eigenvalue weighted by atomic mass is 32.1. The van der Waals surface area contributed by atoms with Crippen LogP contribution in [0.4, 0.5) is 0 Å². The molecule has 0 saturated carbocycles. The molecule has 2 saturated heterocycles. The van der Waals surface area contributed by atoms with E-state index in [1.807, 2.05) is 72.8 Å². The van der Waals surface area contributed by atoms with E-state index in [9.17, 15) is 0 Å². The second kappa shape index (κ2) is 16.2. The quantitative estimate of drug-likeness (QED) is 0.183. The Morgan fingerprint density at radius 1 is 0.500 bits per heavy atom. The zero-order valence-corrected chi connectivity index (χ0v) is 25.9. The molecule has 0 radical (unpaired) electrons. The number of hydrazone groups is 2. The molecule has 0 aromatic carbocycles. The van der Waals surface area contributed by atoms with Gasteiger partial charge in [-0.1, -0.05) is 24.3 Å². The fourth-order valence-corrected chi connectivity index (χ4v) is 5.15. The highest BCUT2D eigenvalue weighted by Gasteiger charge is 2.17. The number of nitrogens with one attached hydrogen (secondary N) is 2. The lowest BCUT2D eigenvalue weighted by molar-refractivity contribution is 0.509. The maximum Gasteiger partial charge on any atom is 0.189 e. The molecule has 2 N–H and O–H groups in total. The molecule has 0 spiro atoms. The molecule has 2 fully saturated rings. The van der Waals surface area contributed by atoms with Gasteiger partial charge in [0.15, 0.2) is 10.2 Å². The molecule has 4 aromatic heterocycles. The van der Waals surface area contributed by atoms with Gasteiger partial charge in [-0.3, -0.25) is 30.8 Å². The van der Waals surface area contributed by atoms with Crippen LogP contribution in [0.5, 0.6) is 0 Å². The molecule has 0 atom stereocenters. The van der Waals surface area contributed by atoms with E-state index in [1.165, 1.54) is 25.7 Å². The van der Waals surface area contributed by atoms with Crippen molar-refractivity contribution in [2.75, 3.05) is 26.2 Å². The zero-order chi connectivity index (χ0) is 30.4. The molecule has 12 heteroatoms. The fraction of sp³-hybridized carbons (Fsp3) is 0.250. The molecule has 0 unspecified atom stereocenters. The van der Waals surface area contributed by atoms with Gasteiger partial charge < -0.3 is 9.80 Å². The third-order valence-electron chi connectivity index (χ3n) is 6.94. The first-order valence-electron chi connectivity index (χ1n) is 14.6. The summed E-state index contributed by atoms with van der Waals surface area (Å²) in [5.41, 5.74) is 10.4. The lowest BCUT2D eigenvalue weighted by Gasteiger charge is -2.17. The highest BCUT2D eigenvalue weighted by Crippen LogP contribution is 2.10. The first kappa shape index (κ1) is 30.8. The standard InChI is InChI=1S/2C16H17N5S/c2*22-16(21-11-5-6-12-21)20-19-15(13-7-1-3-9-17-13)14-8-2-4-10-18-14/h2*1-4,7-10H,5-6,11-12H2,(H,20,22). The average molecular weight is 623 g/mol. The van der Waals surface area contributed by atoms with Gasteiger partial charge in [-0.15, -0.1) is 0 Å². The molecule has 6 heterocycles. The van der Waals surface area contributed by atoms with Crippen LogP contribution in [0.2, 0.25) is 0 Å². The number of hydrogen-bond donors (Lipinski definition) is 2. The molecule has 4 aromatic rings. The fourth-order valence-electron chi connectivity index (χ4n) is 4.69. The van der Waals surface area contributed by atoms with Gasteiger partial charge in [-0.2, -0.15) is 10.2 Å². The maximum atomic E-state index is 5.40. The van der Waals surface area contributed by atoms with Crippen molar-refractivity contribution in [1.82, 2.24) is 40.6 Å². The molecule has 10 nitrogen and oxygen atoms in total. The summed E-state index contributed by atoms with van der Waals surface area (Å²) >= 11 is 10.8. The first-order valence-corrected chi connectivity index (χ1v) is 15.4. The van der Waals surface area contributed by atoms with Crippen molar-refractivity contribution in [3.8, 4) is 0 Å². The number of thiocarbonyl (C=S) groups is 2. The number of nitrogens with zero attached hydrogens (tertiary/aromatic N) is 8. The Hall–Kier alpha value is -4.68. The predicted molar refractivity (Wildman–Crippen MR) is 181 cm³/mol. The smallest absolute Gasteiger partial charge is 0.189 e. The third kappa shape index (κ3) is 8.68. The minimum Gasteiger partial charge on any atom is -0.348 e. The normalized spacial score (nSPS) is 13.7. The summed E-state index contributed by atoms with van der Waals surface area (Å²) in [5, 5.41) is 10.2.